The first kappa shape index (κ1) is 113. The van der Waals surface area contributed by atoms with Crippen LogP contribution in [0.5, 0.6) is 46.0 Å². The molecule has 49 heteroatoms. The topological polar surface area (TPSA) is 681 Å². The number of halogens is 3. The van der Waals surface area contributed by atoms with E-state index in [1.807, 2.05) is 19.9 Å². The number of pyridine rings is 1. The van der Waals surface area contributed by atoms with Gasteiger partial charge in [-0.1, -0.05) is 78.1 Å². The number of carboxylic acid groups (broad SMARTS) is 2. The van der Waals surface area contributed by atoms with Crippen molar-refractivity contribution < 1.29 is 156 Å². The minimum Gasteiger partial charge on any atom is -0.543 e. The molecule has 2 aromatic heterocycles. The SMILES string of the molecule is CN[C@H](CC(C)C)C(=O)NC1C(=O)C[C@@H](CC(N)=O)C(=O)N[C@H]2C(=O)C[C@H]3C(=O)N[C@H](C(=O)N[C@H](C(=O)O)c4cc(O)c(CNCCCC(=O)CCCCC(=O)NCCCO/N=C(\C(=O)C[C@@H]5C(=O)N6C(C(=O)[O-])=C(C[n+]7ccccc7)CS[C@H]56)c5nc(C)sc5Cl)c(O)c4-c4cc3ccc4O)[C@H](O)c3ccc(c(Cl)c3)Oc3cc2cc(c3O[C@@H]2O[C@H](CO)[C@@H](O)[C@H](O)[C@H]2O[C@H]2C[C@](C)(N)[C@H](O)[C@H](C)O2)Oc2ccc(cc2Cl)[C@H]1O. The van der Waals surface area contributed by atoms with E-state index in [9.17, 15) is 94.5 Å². The minimum atomic E-state index is -2.38. The fourth-order valence-corrected chi connectivity index (χ4v) is 21.9. The number of rotatable bonds is 36. The van der Waals surface area contributed by atoms with E-state index in [-0.39, 0.29) is 155 Å². The van der Waals surface area contributed by atoms with Crippen LogP contribution in [-0.4, -0.2) is 260 Å². The predicted octanol–water partition coefficient (Wildman–Crippen LogP) is 3.91. The summed E-state index contributed by atoms with van der Waals surface area (Å²) in [5.74, 6) is -23.5. The van der Waals surface area contributed by atoms with E-state index in [4.69, 9.17) is 79.5 Å². The molecule has 20 atom stereocenters. The number of aromatic hydroxyl groups is 3. The number of aromatic nitrogens is 2. The Balaban J connectivity index is 0.724. The van der Waals surface area contributed by atoms with Gasteiger partial charge in [-0.15, -0.1) is 23.1 Å². The second kappa shape index (κ2) is 49.3. The maximum atomic E-state index is 16.6. The average molecular weight is 2180 g/mol. The number of aliphatic carboxylic acids is 2. The maximum absolute atomic E-state index is 16.6. The Labute approximate surface area is 881 Å². The van der Waals surface area contributed by atoms with Gasteiger partial charge in [0.2, 0.25) is 53.4 Å². The molecule has 11 bridgehead atoms. The number of phenolic OH excluding ortho intramolecular Hbond substituents is 3. The third kappa shape index (κ3) is 26.1. The average Bonchev–Trinajstić information content (AvgIpc) is 0.735. The molecular weight excluding hydrogens is 2060 g/mol. The van der Waals surface area contributed by atoms with Crippen LogP contribution in [-0.2, 0) is 94.5 Å². The Morgan fingerprint density at radius 3 is 2.07 bits per heavy atom. The highest BCUT2D eigenvalue weighted by molar-refractivity contribution is 8.00. The highest BCUT2D eigenvalue weighted by atomic mass is 35.5. The molecule has 9 aliphatic rings. The van der Waals surface area contributed by atoms with Gasteiger partial charge in [0.05, 0.1) is 80.3 Å². The van der Waals surface area contributed by atoms with Crippen LogP contribution in [0.1, 0.15) is 185 Å². The Hall–Kier alpha value is -12.5. The van der Waals surface area contributed by atoms with E-state index in [1.54, 1.807) is 36.0 Å². The van der Waals surface area contributed by atoms with Crippen molar-refractivity contribution >= 4 is 140 Å². The number of ether oxygens (including phenoxy) is 6. The third-order valence-electron chi connectivity index (χ3n) is 26.8. The normalized spacial score (nSPS) is 25.7. The van der Waals surface area contributed by atoms with Crippen LogP contribution in [0.3, 0.4) is 0 Å². The number of fused-ring (bicyclic) bond motifs is 16. The summed E-state index contributed by atoms with van der Waals surface area (Å²) in [6.45, 7) is 7.11. The molecule has 150 heavy (non-hydrogen) atoms. The van der Waals surface area contributed by atoms with Crippen LogP contribution in [0, 0.1) is 24.7 Å². The number of ketones is 4. The third-order valence-corrected chi connectivity index (χ3v) is 30.0. The molecule has 21 N–H and O–H groups in total. The first-order valence-corrected chi connectivity index (χ1v) is 51.4. The lowest BCUT2D eigenvalue weighted by molar-refractivity contribution is -0.689. The number of amides is 7. The molecule has 3 fully saturated rings. The van der Waals surface area contributed by atoms with Crippen LogP contribution >= 0.6 is 57.9 Å². The number of hydrogen-bond acceptors (Lipinski definition) is 37. The number of thioether (sulfide) groups is 1. The second-order valence-corrected chi connectivity index (χ2v) is 42.1. The van der Waals surface area contributed by atoms with Gasteiger partial charge in [-0.25, -0.2) is 14.3 Å². The Morgan fingerprint density at radius 1 is 0.767 bits per heavy atom. The number of hydrogen-bond donors (Lipinski definition) is 19. The molecule has 7 aromatic rings. The van der Waals surface area contributed by atoms with Crippen LogP contribution in [0.15, 0.2) is 120 Å². The summed E-state index contributed by atoms with van der Waals surface area (Å²) in [6, 6.07) is 8.48. The number of Topliss-reactive ketones (excluding diaryl/α,β-unsaturated/α-hetero) is 4. The summed E-state index contributed by atoms with van der Waals surface area (Å²) in [5, 5.41) is 153. The number of primary amides is 1. The van der Waals surface area contributed by atoms with Crippen LogP contribution < -0.4 is 72.6 Å². The van der Waals surface area contributed by atoms with Crippen molar-refractivity contribution in [2.75, 3.05) is 39.1 Å². The molecule has 0 spiro atoms. The van der Waals surface area contributed by atoms with Crippen molar-refractivity contribution in [1.29, 1.82) is 0 Å². The van der Waals surface area contributed by atoms with Crippen molar-refractivity contribution in [3.05, 3.63) is 173 Å². The lowest BCUT2D eigenvalue weighted by Crippen LogP contribution is -2.64. The predicted molar refractivity (Wildman–Crippen MR) is 533 cm³/mol. The first-order valence-electron chi connectivity index (χ1n) is 48.4. The Bertz CT molecular complexity index is 6400. The van der Waals surface area contributed by atoms with Gasteiger partial charge in [0.15, 0.2) is 71.9 Å². The summed E-state index contributed by atoms with van der Waals surface area (Å²) >= 11 is 23.3. The fraction of sp³-hybridized carbons (Fsp3) is 0.465. The van der Waals surface area contributed by atoms with Gasteiger partial charge in [0.1, 0.15) is 99.8 Å². The molecule has 0 radical (unpaired) electrons. The molecular formula is C101H116Cl3N13O31S2. The lowest BCUT2D eigenvalue weighted by atomic mass is 9.84. The number of carbonyl (C=O) groups is 13. The zero-order valence-electron chi connectivity index (χ0n) is 81.9. The quantitative estimate of drug-likeness (QED) is 0.00870. The summed E-state index contributed by atoms with van der Waals surface area (Å²) in [5.41, 5.74) is 7.74. The van der Waals surface area contributed by atoms with E-state index < -0.39 is 285 Å². The van der Waals surface area contributed by atoms with Crippen molar-refractivity contribution in [3.63, 3.8) is 0 Å². The van der Waals surface area contributed by atoms with E-state index >= 15 is 24.0 Å². The van der Waals surface area contributed by atoms with Crippen LogP contribution in [0.2, 0.25) is 14.4 Å². The van der Waals surface area contributed by atoms with Gasteiger partial charge in [-0.2, -0.15) is 0 Å². The van der Waals surface area contributed by atoms with Crippen LogP contribution in [0.4, 0.5) is 0 Å². The van der Waals surface area contributed by atoms with Gasteiger partial charge in [-0.05, 0) is 143 Å². The molecule has 7 amide bonds. The fourth-order valence-electron chi connectivity index (χ4n) is 18.9. The monoisotopic (exact) mass is 2180 g/mol. The first-order chi connectivity index (χ1) is 71.3. The molecule has 0 aliphatic carbocycles. The molecule has 804 valence electrons. The summed E-state index contributed by atoms with van der Waals surface area (Å²) in [6.07, 6.45) is -16.7. The number of benzene rings is 5. The molecule has 1 unspecified atom stereocenters. The number of carboxylic acids is 2. The lowest BCUT2D eigenvalue weighted by Gasteiger charge is -2.50. The number of thiazole rings is 1. The van der Waals surface area contributed by atoms with Gasteiger partial charge >= 0.3 is 5.97 Å². The van der Waals surface area contributed by atoms with Crippen molar-refractivity contribution in [2.24, 2.45) is 34.4 Å². The van der Waals surface area contributed by atoms with Crippen molar-refractivity contribution in [2.45, 2.75) is 240 Å². The number of likely N-dealkylation sites (N-methyl/N-ethyl adjacent to an activating group) is 1. The zero-order chi connectivity index (χ0) is 108. The molecule has 9 aliphatic heterocycles. The molecule has 16 rings (SSSR count). The molecule has 44 nitrogen and oxygen atoms in total. The van der Waals surface area contributed by atoms with Crippen LogP contribution in [0.25, 0.3) is 11.1 Å². The highest BCUT2D eigenvalue weighted by Gasteiger charge is 2.55. The number of nitrogens with zero attached hydrogens (tertiary/aromatic N) is 4. The number of unbranched alkanes of at least 4 members (excludes halogenated alkanes) is 1. The number of aliphatic hydroxyl groups excluding tert-OH is 6. The number of β-lactam (4-membered cyclic amide) rings is 1. The van der Waals surface area contributed by atoms with Gasteiger partial charge in [-0.3, -0.25) is 57.6 Å². The van der Waals surface area contributed by atoms with E-state index in [0.29, 0.717) is 23.4 Å². The number of phenols is 3. The number of nitrogens with two attached hydrogens (primary N) is 2. The van der Waals surface area contributed by atoms with Gasteiger partial charge in [0, 0.05) is 117 Å². The summed E-state index contributed by atoms with van der Waals surface area (Å²) < 4.78 is 40.7. The smallest absolute Gasteiger partial charge is 0.330 e. The molecule has 3 saturated heterocycles. The number of carbonyl (C=O) groups excluding carboxylic acids is 12. The van der Waals surface area contributed by atoms with Gasteiger partial charge in [0.25, 0.3) is 0 Å². The standard InChI is InChI=1S/C101H116Cl3N13O31S2/c1-44(2)28-61(107-6)94(135)113-79-64(122)32-51(35-72(105)125)92(133)111-76-50-33-69(144-67-21-18-48(83(79)127)30-59(67)102)88(148-100-89(87(131)86(130)71(42-118)146-100)147-74-39-101(5,106)90(132)45(3)143-74)70(34-50)145-68-22-19-49(31-60(68)103)84(128)81-95(136)112-77(98(138)139)56-37-63(121)58(85(129)75(56)55-29-47(17-20-62(55)120)54(36-65(76)123)93(134)114-81)40-108-23-12-15-53(119)14-8-9-16-73(126)109-24-13-27-142-115-78(80-91(104)150-46(4)110-80)66(124)38-57-96(137)117-82(99(140)141)52(43-149-97(57)117)41-116-25-10-7-11-26-116/h7,10-11,17-22,25-26,29-31,33-34,37,44-45,51,54,57,61,71,74,76-77,79,81,83-84,86-87,89-90,97,100,107-108,118,127-128,130-132H,8-9,12-16,23-24,27-28,32,35-36,38-43,106H2,1-6H3,(H11-,105,109,111,112,113,114,115,120,121,124,125,126,129,133,134,135,136,138,139,140,141)/t45-,51-,54+,57+,61+,71+,74-,76+,77-,79?,81-,83+,84+,86+,87-,89+,90+,97+,100-,101-/m0/s1. The number of oxime groups is 1. The zero-order valence-corrected chi connectivity index (χ0v) is 85.8. The molecule has 0 saturated carbocycles. The number of aliphatic hydroxyl groups is 6. The van der Waals surface area contributed by atoms with Crippen molar-refractivity contribution in [1.82, 2.24) is 47.1 Å². The Morgan fingerprint density at radius 2 is 1.44 bits per heavy atom. The second-order valence-electron chi connectivity index (χ2n) is 38.3. The molecule has 11 heterocycles. The number of aryl methyl sites for hydroxylation is 1. The minimum absolute atomic E-state index is 0.00107. The van der Waals surface area contributed by atoms with Gasteiger partial charge < -0.3 is 143 Å². The maximum Gasteiger partial charge on any atom is 0.330 e. The largest absolute Gasteiger partial charge is 0.543 e. The van der Waals surface area contributed by atoms with E-state index in [1.165, 1.54) is 44.8 Å². The Kier molecular flexibility index (Phi) is 37.2. The van der Waals surface area contributed by atoms with Crippen molar-refractivity contribution in [3.8, 4) is 57.1 Å². The van der Waals surface area contributed by atoms with E-state index in [2.05, 4.69) is 47.4 Å². The molecule has 5 aromatic carbocycles. The van der Waals surface area contributed by atoms with E-state index in [0.717, 1.165) is 76.9 Å². The summed E-state index contributed by atoms with van der Waals surface area (Å²) in [4.78, 5) is 198. The summed E-state index contributed by atoms with van der Waals surface area (Å²) in [7, 11) is 1.48. The highest BCUT2D eigenvalue weighted by Crippen LogP contribution is 2.53. The number of nitrogens with one attached hydrogen (secondary N) is 7.